The normalized spacial score (nSPS) is 10.3. The highest BCUT2D eigenvalue weighted by atomic mass is 16.6. The van der Waals surface area contributed by atoms with Gasteiger partial charge in [0.2, 0.25) is 0 Å². The first-order valence-electron chi connectivity index (χ1n) is 9.07. The van der Waals surface area contributed by atoms with Crippen LogP contribution in [0.1, 0.15) is 57.4 Å². The van der Waals surface area contributed by atoms with E-state index in [1.54, 1.807) is 0 Å². The molecular weight excluding hydrogens is 372 g/mol. The number of esters is 2. The molecule has 0 fully saturated rings. The molecular formula is C18H24N2O8. The van der Waals surface area contributed by atoms with Gasteiger partial charge in [-0.25, -0.2) is 0 Å². The van der Waals surface area contributed by atoms with Crippen molar-refractivity contribution in [3.05, 3.63) is 44.0 Å². The van der Waals surface area contributed by atoms with Crippen molar-refractivity contribution in [1.29, 1.82) is 0 Å². The lowest BCUT2D eigenvalue weighted by atomic mass is 10.2. The van der Waals surface area contributed by atoms with Gasteiger partial charge in [0.05, 0.1) is 22.5 Å². The summed E-state index contributed by atoms with van der Waals surface area (Å²) in [6.07, 6.45) is 4.33. The van der Waals surface area contributed by atoms with Gasteiger partial charge >= 0.3 is 11.9 Å². The van der Waals surface area contributed by atoms with E-state index >= 15 is 0 Å². The molecule has 0 N–H and O–H groups in total. The van der Waals surface area contributed by atoms with Gasteiger partial charge in [0.1, 0.15) is 6.61 Å². The minimum atomic E-state index is -0.758. The predicted molar refractivity (Wildman–Crippen MR) is 98.5 cm³/mol. The molecule has 0 bridgehead atoms. The van der Waals surface area contributed by atoms with Crippen LogP contribution >= 0.6 is 0 Å². The van der Waals surface area contributed by atoms with Crippen LogP contribution in [0, 0.1) is 20.2 Å². The second kappa shape index (κ2) is 12.4. The number of benzene rings is 1. The lowest BCUT2D eigenvalue weighted by Gasteiger charge is -2.06. The molecule has 1 rings (SSSR count). The third kappa shape index (κ3) is 9.06. The summed E-state index contributed by atoms with van der Waals surface area (Å²) in [4.78, 5) is 43.4. The van der Waals surface area contributed by atoms with Crippen LogP contribution in [0.15, 0.2) is 18.2 Å². The number of carbonyl (C=O) groups is 2. The number of carbonyl (C=O) groups excluding carboxylic acids is 2. The summed E-state index contributed by atoms with van der Waals surface area (Å²) in [5.41, 5.74) is -0.774. The fraction of sp³-hybridized carbons (Fsp3) is 0.556. The van der Waals surface area contributed by atoms with Crippen molar-refractivity contribution >= 4 is 23.3 Å². The highest BCUT2D eigenvalue weighted by Crippen LogP contribution is 2.23. The number of nitro groups is 2. The van der Waals surface area contributed by atoms with Crippen molar-refractivity contribution in [2.45, 2.75) is 58.5 Å². The summed E-state index contributed by atoms with van der Waals surface area (Å²) in [7, 11) is 0. The second-order valence-corrected chi connectivity index (χ2v) is 6.17. The van der Waals surface area contributed by atoms with Gasteiger partial charge in [0.25, 0.3) is 11.4 Å². The lowest BCUT2D eigenvalue weighted by Crippen LogP contribution is -2.09. The molecule has 1 aromatic carbocycles. The number of nitrogens with zero attached hydrogens (tertiary/aromatic N) is 2. The van der Waals surface area contributed by atoms with Crippen LogP contribution in [-0.2, 0) is 25.7 Å². The van der Waals surface area contributed by atoms with E-state index in [9.17, 15) is 29.8 Å². The molecule has 0 saturated heterocycles. The lowest BCUT2D eigenvalue weighted by molar-refractivity contribution is -0.394. The fourth-order valence-electron chi connectivity index (χ4n) is 2.35. The Kier molecular flexibility index (Phi) is 10.2. The van der Waals surface area contributed by atoms with E-state index in [2.05, 4.69) is 6.92 Å². The van der Waals surface area contributed by atoms with Gasteiger partial charge in [-0.1, -0.05) is 26.2 Å². The number of hydrogen-bond acceptors (Lipinski definition) is 8. The SMILES string of the molecule is CCCCCCOC(=O)CCCC(=O)OCc1cc([N+](=O)[O-])cc([N+](=O)[O-])c1. The number of ether oxygens (including phenoxy) is 2. The first-order valence-corrected chi connectivity index (χ1v) is 9.07. The Morgan fingerprint density at radius 1 is 0.857 bits per heavy atom. The van der Waals surface area contributed by atoms with Crippen LogP contribution < -0.4 is 0 Å². The minimum Gasteiger partial charge on any atom is -0.466 e. The highest BCUT2D eigenvalue weighted by Gasteiger charge is 2.17. The van der Waals surface area contributed by atoms with Crippen LogP contribution in [0.25, 0.3) is 0 Å². The summed E-state index contributed by atoms with van der Waals surface area (Å²) in [5.74, 6) is -0.983. The molecule has 0 amide bonds. The van der Waals surface area contributed by atoms with E-state index < -0.39 is 27.2 Å². The van der Waals surface area contributed by atoms with Crippen LogP contribution in [0.2, 0.25) is 0 Å². The number of non-ortho nitro benzene ring substituents is 2. The molecule has 0 aliphatic heterocycles. The summed E-state index contributed by atoms with van der Waals surface area (Å²) in [6.45, 7) is 2.13. The molecule has 0 atom stereocenters. The Morgan fingerprint density at radius 2 is 1.43 bits per heavy atom. The Bertz CT molecular complexity index is 673. The largest absolute Gasteiger partial charge is 0.466 e. The van der Waals surface area contributed by atoms with Gasteiger partial charge in [0, 0.05) is 30.5 Å². The molecule has 154 valence electrons. The van der Waals surface area contributed by atoms with Crippen LogP contribution in [0.5, 0.6) is 0 Å². The maximum Gasteiger partial charge on any atom is 0.306 e. The molecule has 10 nitrogen and oxygen atoms in total. The standard InChI is InChI=1S/C18H24N2O8/c1-2-3-4-5-9-27-17(21)7-6-8-18(22)28-13-14-10-15(19(23)24)12-16(11-14)20(25)26/h10-12H,2-9,13H2,1H3. The summed E-state index contributed by atoms with van der Waals surface area (Å²) in [5, 5.41) is 21.7. The van der Waals surface area contributed by atoms with Gasteiger partial charge in [-0.3, -0.25) is 29.8 Å². The molecule has 0 saturated carbocycles. The number of unbranched alkanes of at least 4 members (excludes halogenated alkanes) is 3. The maximum absolute atomic E-state index is 11.7. The van der Waals surface area contributed by atoms with E-state index in [4.69, 9.17) is 9.47 Å². The zero-order valence-electron chi connectivity index (χ0n) is 15.8. The fourth-order valence-corrected chi connectivity index (χ4v) is 2.35. The summed E-state index contributed by atoms with van der Waals surface area (Å²) >= 11 is 0. The third-order valence-electron chi connectivity index (χ3n) is 3.81. The quantitative estimate of drug-likeness (QED) is 0.212. The van der Waals surface area contributed by atoms with Gasteiger partial charge < -0.3 is 9.47 Å². The third-order valence-corrected chi connectivity index (χ3v) is 3.81. The Morgan fingerprint density at radius 3 is 1.96 bits per heavy atom. The monoisotopic (exact) mass is 396 g/mol. The van der Waals surface area contributed by atoms with Crippen molar-refractivity contribution < 1.29 is 28.9 Å². The first-order chi connectivity index (χ1) is 13.3. The number of nitro benzene ring substituents is 2. The van der Waals surface area contributed by atoms with Crippen LogP contribution in [0.4, 0.5) is 11.4 Å². The smallest absolute Gasteiger partial charge is 0.306 e. The second-order valence-electron chi connectivity index (χ2n) is 6.17. The van der Waals surface area contributed by atoms with E-state index in [1.807, 2.05) is 0 Å². The molecule has 1 aromatic rings. The molecule has 0 heterocycles. The zero-order chi connectivity index (χ0) is 20.9. The molecule has 0 aliphatic rings. The van der Waals surface area contributed by atoms with E-state index in [1.165, 1.54) is 0 Å². The molecule has 0 aliphatic carbocycles. The average Bonchev–Trinajstić information content (AvgIpc) is 2.65. The summed E-state index contributed by atoms with van der Waals surface area (Å²) in [6, 6.07) is 3.05. The van der Waals surface area contributed by atoms with Crippen LogP contribution in [-0.4, -0.2) is 28.4 Å². The maximum atomic E-state index is 11.7. The number of rotatable bonds is 13. The molecule has 0 spiro atoms. The topological polar surface area (TPSA) is 139 Å². The van der Waals surface area contributed by atoms with Crippen molar-refractivity contribution in [3.8, 4) is 0 Å². The van der Waals surface area contributed by atoms with Gasteiger partial charge in [0.15, 0.2) is 0 Å². The van der Waals surface area contributed by atoms with E-state index in [0.717, 1.165) is 43.9 Å². The van der Waals surface area contributed by atoms with Gasteiger partial charge in [-0.05, 0) is 12.8 Å². The average molecular weight is 396 g/mol. The Balaban J connectivity index is 2.36. The van der Waals surface area contributed by atoms with E-state index in [0.29, 0.717) is 6.61 Å². The number of hydrogen-bond donors (Lipinski definition) is 0. The van der Waals surface area contributed by atoms with Gasteiger partial charge in [-0.2, -0.15) is 0 Å². The first kappa shape index (κ1) is 23.0. The molecule has 0 aromatic heterocycles. The predicted octanol–water partition coefficient (Wildman–Crippen LogP) is 3.84. The summed E-state index contributed by atoms with van der Waals surface area (Å²) < 4.78 is 10.0. The molecule has 0 unspecified atom stereocenters. The van der Waals surface area contributed by atoms with Crippen molar-refractivity contribution in [2.24, 2.45) is 0 Å². The van der Waals surface area contributed by atoms with Crippen molar-refractivity contribution in [2.75, 3.05) is 6.61 Å². The highest BCUT2D eigenvalue weighted by molar-refractivity contribution is 5.72. The van der Waals surface area contributed by atoms with Crippen molar-refractivity contribution in [3.63, 3.8) is 0 Å². The molecule has 28 heavy (non-hydrogen) atoms. The van der Waals surface area contributed by atoms with Crippen LogP contribution in [0.3, 0.4) is 0 Å². The van der Waals surface area contributed by atoms with Crippen molar-refractivity contribution in [1.82, 2.24) is 0 Å². The van der Waals surface area contributed by atoms with Gasteiger partial charge in [-0.15, -0.1) is 0 Å². The Labute approximate surface area is 162 Å². The zero-order valence-corrected chi connectivity index (χ0v) is 15.8. The molecule has 10 heteroatoms. The Hall–Kier alpha value is -3.04. The minimum absolute atomic E-state index is 0.0258. The molecule has 0 radical (unpaired) electrons. The van der Waals surface area contributed by atoms with E-state index in [-0.39, 0.29) is 37.4 Å².